The van der Waals surface area contributed by atoms with Crippen molar-refractivity contribution in [2.75, 3.05) is 0 Å². The molecular weight excluding hydrogens is 87.9 g/mol. The second-order valence-electron chi connectivity index (χ2n) is 0. The van der Waals surface area contributed by atoms with E-state index in [0.29, 0.717) is 0 Å². The summed E-state index contributed by atoms with van der Waals surface area (Å²) in [5.41, 5.74) is 0. The van der Waals surface area contributed by atoms with Crippen LogP contribution in [0.5, 0.6) is 0 Å². The molecule has 0 heterocycles. The van der Waals surface area contributed by atoms with E-state index in [1.165, 1.54) is 0 Å². The van der Waals surface area contributed by atoms with E-state index in [2.05, 4.69) is 0 Å². The van der Waals surface area contributed by atoms with Gasteiger partial charge in [0.15, 0.2) is 52.1 Å². The van der Waals surface area contributed by atoms with Crippen LogP contribution in [0.15, 0.2) is 0 Å². The second-order valence-corrected chi connectivity index (χ2v) is 0. The maximum Gasteiger partial charge on any atom is 0.187 e. The maximum absolute atomic E-state index is 0. The third-order valence-electron chi connectivity index (χ3n) is 0. The normalized spacial score (nSPS) is 0. The minimum absolute atomic E-state index is 0. The van der Waals surface area contributed by atoms with Gasteiger partial charge in [0, 0.05) is 18.9 Å². The molecule has 0 aromatic rings. The Hall–Kier alpha value is 2.19. The smallest absolute Gasteiger partial charge is 0 e. The molecule has 4 heteroatoms. The van der Waals surface area contributed by atoms with E-state index in [0.717, 1.165) is 0 Å². The van der Waals surface area contributed by atoms with E-state index < -0.39 is 0 Å². The van der Waals surface area contributed by atoms with Crippen LogP contribution in [0.25, 0.3) is 0 Å². The second kappa shape index (κ2) is 19.0. The largest absolute Gasteiger partial charge is 0.187 e. The van der Waals surface area contributed by atoms with Gasteiger partial charge in [0.2, 0.25) is 0 Å². The van der Waals surface area contributed by atoms with Gasteiger partial charge in [-0.25, -0.2) is 0 Å². The maximum atomic E-state index is 0. The van der Waals surface area contributed by atoms with Gasteiger partial charge >= 0.3 is 0 Å². The Bertz CT molecular complexity index is 3.25. The molecule has 0 aromatic carbocycles. The Morgan fingerprint density at radius 1 is 0.500 bits per heavy atom. The minimum atomic E-state index is 0. The van der Waals surface area contributed by atoms with Crippen LogP contribution in [-0.4, -0.2) is 70.9 Å². The molecule has 0 spiro atoms. The van der Waals surface area contributed by atoms with Gasteiger partial charge in [-0.1, -0.05) is 0 Å². The molecule has 0 amide bonds. The number of hydrogen-bond acceptors (Lipinski definition) is 0. The predicted molar refractivity (Wildman–Crippen MR) is 35.6 cm³/mol. The van der Waals surface area contributed by atoms with E-state index >= 15 is 0 Å². The Kier molecular flexibility index (Phi) is 165. The summed E-state index contributed by atoms with van der Waals surface area (Å²) in [7, 11) is 0. The van der Waals surface area contributed by atoms with Gasteiger partial charge in [0.05, 0.1) is 0 Å². The summed E-state index contributed by atoms with van der Waals surface area (Å²) in [5.74, 6) is 0. The van der Waals surface area contributed by atoms with Gasteiger partial charge in [-0.2, -0.15) is 0 Å². The topological polar surface area (TPSA) is 0 Å². The van der Waals surface area contributed by atoms with Gasteiger partial charge in [0.1, 0.15) is 0 Å². The third-order valence-corrected chi connectivity index (χ3v) is 0. The standard InChI is InChI=1S/3Al.Li.9H. The van der Waals surface area contributed by atoms with Crippen LogP contribution in [0.4, 0.5) is 0 Å². The molecule has 0 aliphatic carbocycles. The first kappa shape index (κ1) is 34.7. The van der Waals surface area contributed by atoms with Crippen LogP contribution in [0, 0.1) is 0 Å². The fourth-order valence-corrected chi connectivity index (χ4v) is 0. The summed E-state index contributed by atoms with van der Waals surface area (Å²) in [6.07, 6.45) is 0. The molecule has 0 aliphatic rings. The Morgan fingerprint density at radius 2 is 0.500 bits per heavy atom. The van der Waals surface area contributed by atoms with E-state index in [1.54, 1.807) is 0 Å². The van der Waals surface area contributed by atoms with Crippen LogP contribution < -0.4 is 0 Å². The molecule has 0 atom stereocenters. The van der Waals surface area contributed by atoms with Crippen LogP contribution >= 0.6 is 0 Å². The van der Waals surface area contributed by atoms with Crippen molar-refractivity contribution in [3.05, 3.63) is 0 Å². The molecular formula is H9Al3Li. The van der Waals surface area contributed by atoms with Crippen molar-refractivity contribution in [2.24, 2.45) is 0 Å². The molecule has 0 bridgehead atoms. The molecule has 0 saturated heterocycles. The van der Waals surface area contributed by atoms with Gasteiger partial charge in [-0.3, -0.25) is 0 Å². The van der Waals surface area contributed by atoms with Crippen molar-refractivity contribution in [1.29, 1.82) is 0 Å². The predicted octanol–water partition coefficient (Wildman–Crippen LogP) is -3.93. The first-order chi connectivity index (χ1) is 0. The van der Waals surface area contributed by atoms with E-state index in [9.17, 15) is 0 Å². The number of hydrogen-bond donors (Lipinski definition) is 0. The van der Waals surface area contributed by atoms with E-state index in [1.807, 2.05) is 0 Å². The zero-order valence-corrected chi connectivity index (χ0v) is 1.00. The van der Waals surface area contributed by atoms with Crippen molar-refractivity contribution >= 4 is 70.9 Å². The van der Waals surface area contributed by atoms with Crippen molar-refractivity contribution in [1.82, 2.24) is 0 Å². The number of rotatable bonds is 0. The zero-order valence-electron chi connectivity index (χ0n) is 1.00. The molecule has 0 N–H and O–H groups in total. The average molecular weight is 97.0 g/mol. The average Bonchev–Trinajstić information content (AvgIpc) is 0. The zero-order chi connectivity index (χ0) is 0. The Labute approximate surface area is 70.3 Å². The van der Waals surface area contributed by atoms with Crippen molar-refractivity contribution in [3.8, 4) is 0 Å². The molecule has 4 heavy (non-hydrogen) atoms. The minimum Gasteiger partial charge on any atom is 0 e. The first-order valence-electron chi connectivity index (χ1n) is 0. The van der Waals surface area contributed by atoms with Crippen LogP contribution in [0.1, 0.15) is 0 Å². The molecule has 0 fully saturated rings. The van der Waals surface area contributed by atoms with Crippen LogP contribution in [0.3, 0.4) is 0 Å². The summed E-state index contributed by atoms with van der Waals surface area (Å²) >= 11 is 0. The summed E-state index contributed by atoms with van der Waals surface area (Å²) in [6.45, 7) is 0. The molecule has 0 saturated carbocycles. The molecule has 0 aliphatic heterocycles. The molecule has 1 radical (unpaired) electrons. The van der Waals surface area contributed by atoms with Gasteiger partial charge in [-0.05, 0) is 0 Å². The summed E-state index contributed by atoms with van der Waals surface area (Å²) in [4.78, 5) is 0. The van der Waals surface area contributed by atoms with Gasteiger partial charge in [-0.15, -0.1) is 0 Å². The molecule has 0 aromatic heterocycles. The fourth-order valence-electron chi connectivity index (χ4n) is 0. The first-order valence-corrected chi connectivity index (χ1v) is 0. The van der Waals surface area contributed by atoms with Gasteiger partial charge in [0.25, 0.3) is 0 Å². The van der Waals surface area contributed by atoms with Crippen molar-refractivity contribution < 1.29 is 0 Å². The quantitative estimate of drug-likeness (QED) is 0.271. The fraction of sp³-hybridized carbons (Fsp3) is 0. The SMILES string of the molecule is [AlH3].[AlH3].[AlH3].[Li]. The van der Waals surface area contributed by atoms with Crippen LogP contribution in [0.2, 0.25) is 0 Å². The molecule has 0 unspecified atom stereocenters. The molecule has 0 nitrogen and oxygen atoms in total. The van der Waals surface area contributed by atoms with Crippen molar-refractivity contribution in [3.63, 3.8) is 0 Å². The third kappa shape index (κ3) is 8.89. The summed E-state index contributed by atoms with van der Waals surface area (Å²) in [5, 5.41) is 0. The molecule has 19 valence electrons. The summed E-state index contributed by atoms with van der Waals surface area (Å²) in [6, 6.07) is 0. The van der Waals surface area contributed by atoms with Crippen LogP contribution in [-0.2, 0) is 0 Å². The van der Waals surface area contributed by atoms with Gasteiger partial charge < -0.3 is 0 Å². The monoisotopic (exact) mass is 97.0 g/mol. The Balaban J connectivity index is 0. The van der Waals surface area contributed by atoms with E-state index in [-0.39, 0.29) is 70.9 Å². The Morgan fingerprint density at radius 3 is 0.500 bits per heavy atom. The summed E-state index contributed by atoms with van der Waals surface area (Å²) < 4.78 is 0. The van der Waals surface area contributed by atoms with Crippen molar-refractivity contribution in [2.45, 2.75) is 0 Å². The molecule has 0 rings (SSSR count). The van der Waals surface area contributed by atoms with E-state index in [4.69, 9.17) is 0 Å².